The largest absolute Gasteiger partial charge is 0.444 e. The molecule has 5 nitrogen and oxygen atoms in total. The summed E-state index contributed by atoms with van der Waals surface area (Å²) in [5.74, 6) is 0.819. The van der Waals surface area contributed by atoms with Crippen LogP contribution in [0.15, 0.2) is 41.3 Å². The lowest BCUT2D eigenvalue weighted by Crippen LogP contribution is -2.43. The number of benzene rings is 1. The van der Waals surface area contributed by atoms with Crippen molar-refractivity contribution in [3.05, 3.63) is 42.4 Å². The molecule has 1 saturated carbocycles. The van der Waals surface area contributed by atoms with E-state index in [9.17, 15) is 4.79 Å². The number of hydrogen-bond acceptors (Lipinski definition) is 4. The molecule has 120 valence electrons. The Kier molecular flexibility index (Phi) is 3.87. The number of fused-ring (bicyclic) bond motifs is 1. The molecule has 0 radical (unpaired) electrons. The molecule has 2 atom stereocenters. The van der Waals surface area contributed by atoms with Crippen molar-refractivity contribution < 1.29 is 13.9 Å². The Labute approximate surface area is 135 Å². The average Bonchev–Trinajstić information content (AvgIpc) is 3.24. The third kappa shape index (κ3) is 2.77. The third-order valence-electron chi connectivity index (χ3n) is 4.80. The van der Waals surface area contributed by atoms with Gasteiger partial charge in [-0.15, -0.1) is 0 Å². The molecule has 2 aromatic rings. The van der Waals surface area contributed by atoms with Crippen LogP contribution in [-0.4, -0.2) is 41.1 Å². The van der Waals surface area contributed by atoms with Gasteiger partial charge in [0.15, 0.2) is 12.2 Å². The Morgan fingerprint density at radius 2 is 2.04 bits per heavy atom. The summed E-state index contributed by atoms with van der Waals surface area (Å²) in [5, 5.41) is 0. The maximum atomic E-state index is 12.9. The highest BCUT2D eigenvalue weighted by atomic mass is 16.5. The molecule has 0 bridgehead atoms. The molecule has 0 N–H and O–H groups in total. The van der Waals surface area contributed by atoms with Crippen LogP contribution in [0.25, 0.3) is 11.3 Å². The SMILES string of the molecule is O=C(c1ccc(-c2cnco2)cc1)N1CCCO[C@@H]2CCC[C@@H]21. The number of amides is 1. The van der Waals surface area contributed by atoms with Crippen molar-refractivity contribution >= 4 is 5.91 Å². The van der Waals surface area contributed by atoms with E-state index in [4.69, 9.17) is 9.15 Å². The minimum absolute atomic E-state index is 0.108. The molecular formula is C18H20N2O3. The Hall–Kier alpha value is -2.14. The van der Waals surface area contributed by atoms with Gasteiger partial charge in [-0.2, -0.15) is 0 Å². The zero-order valence-corrected chi connectivity index (χ0v) is 13.0. The fourth-order valence-corrected chi connectivity index (χ4v) is 3.65. The van der Waals surface area contributed by atoms with Crippen molar-refractivity contribution in [2.24, 2.45) is 0 Å². The van der Waals surface area contributed by atoms with Gasteiger partial charge >= 0.3 is 0 Å². The number of carbonyl (C=O) groups is 1. The fraction of sp³-hybridized carbons (Fsp3) is 0.444. The molecule has 2 fully saturated rings. The van der Waals surface area contributed by atoms with E-state index in [2.05, 4.69) is 4.98 Å². The topological polar surface area (TPSA) is 55.6 Å². The van der Waals surface area contributed by atoms with Crippen LogP contribution < -0.4 is 0 Å². The average molecular weight is 312 g/mol. The summed E-state index contributed by atoms with van der Waals surface area (Å²) in [6, 6.07) is 7.80. The predicted octanol–water partition coefficient (Wildman–Crippen LogP) is 3.13. The van der Waals surface area contributed by atoms with E-state index in [-0.39, 0.29) is 18.1 Å². The molecule has 1 aromatic carbocycles. The molecule has 0 unspecified atom stereocenters. The van der Waals surface area contributed by atoms with E-state index in [1.54, 1.807) is 6.20 Å². The highest BCUT2D eigenvalue weighted by Crippen LogP contribution is 2.30. The molecule has 2 aliphatic rings. The smallest absolute Gasteiger partial charge is 0.254 e. The number of ether oxygens (including phenoxy) is 1. The number of hydrogen-bond donors (Lipinski definition) is 0. The zero-order valence-electron chi connectivity index (χ0n) is 13.0. The van der Waals surface area contributed by atoms with Crippen molar-refractivity contribution in [1.29, 1.82) is 0 Å². The lowest BCUT2D eigenvalue weighted by molar-refractivity contribution is 0.0297. The summed E-state index contributed by atoms with van der Waals surface area (Å²) in [4.78, 5) is 18.9. The zero-order chi connectivity index (χ0) is 15.6. The van der Waals surface area contributed by atoms with Gasteiger partial charge in [-0.1, -0.05) is 12.1 Å². The van der Waals surface area contributed by atoms with Crippen LogP contribution in [0.5, 0.6) is 0 Å². The summed E-state index contributed by atoms with van der Waals surface area (Å²) in [7, 11) is 0. The van der Waals surface area contributed by atoms with E-state index in [0.717, 1.165) is 50.0 Å². The highest BCUT2D eigenvalue weighted by molar-refractivity contribution is 5.95. The monoisotopic (exact) mass is 312 g/mol. The molecule has 1 aromatic heterocycles. The van der Waals surface area contributed by atoms with Gasteiger partial charge in [-0.25, -0.2) is 4.98 Å². The van der Waals surface area contributed by atoms with Crippen LogP contribution in [0.1, 0.15) is 36.0 Å². The number of rotatable bonds is 2. The fourth-order valence-electron chi connectivity index (χ4n) is 3.65. The maximum Gasteiger partial charge on any atom is 0.254 e. The highest BCUT2D eigenvalue weighted by Gasteiger charge is 2.37. The normalized spacial score (nSPS) is 24.3. The van der Waals surface area contributed by atoms with Gasteiger partial charge in [0, 0.05) is 24.3 Å². The summed E-state index contributed by atoms with van der Waals surface area (Å²) >= 11 is 0. The molecule has 23 heavy (non-hydrogen) atoms. The number of nitrogens with zero attached hydrogens (tertiary/aromatic N) is 2. The Balaban J connectivity index is 1.56. The summed E-state index contributed by atoms with van der Waals surface area (Å²) in [5.41, 5.74) is 1.65. The first kappa shape index (κ1) is 14.5. The molecular weight excluding hydrogens is 292 g/mol. The predicted molar refractivity (Wildman–Crippen MR) is 85.0 cm³/mol. The molecule has 2 heterocycles. The lowest BCUT2D eigenvalue weighted by Gasteiger charge is -2.30. The standard InChI is InChI=1S/C18H20N2O3/c21-18(20-9-2-10-22-16-4-1-3-15(16)20)14-7-5-13(6-8-14)17-11-19-12-23-17/h5-8,11-12,15-16H,1-4,9-10H2/t15-,16+/m0/s1. The van der Waals surface area contributed by atoms with Gasteiger partial charge in [-0.3, -0.25) is 4.79 Å². The van der Waals surface area contributed by atoms with E-state index < -0.39 is 0 Å². The van der Waals surface area contributed by atoms with Crippen molar-refractivity contribution in [1.82, 2.24) is 9.88 Å². The van der Waals surface area contributed by atoms with Crippen molar-refractivity contribution in [2.45, 2.75) is 37.8 Å². The van der Waals surface area contributed by atoms with E-state index in [0.29, 0.717) is 5.76 Å². The van der Waals surface area contributed by atoms with Crippen LogP contribution in [0.4, 0.5) is 0 Å². The molecule has 5 heteroatoms. The maximum absolute atomic E-state index is 12.9. The number of oxazole rings is 1. The van der Waals surface area contributed by atoms with Gasteiger partial charge in [0.25, 0.3) is 5.91 Å². The van der Waals surface area contributed by atoms with Gasteiger partial charge in [0.1, 0.15) is 0 Å². The number of carbonyl (C=O) groups excluding carboxylic acids is 1. The van der Waals surface area contributed by atoms with Gasteiger partial charge in [0.2, 0.25) is 0 Å². The van der Waals surface area contributed by atoms with E-state index >= 15 is 0 Å². The minimum Gasteiger partial charge on any atom is -0.444 e. The van der Waals surface area contributed by atoms with Crippen LogP contribution in [0, 0.1) is 0 Å². The molecule has 0 spiro atoms. The van der Waals surface area contributed by atoms with E-state index in [1.165, 1.54) is 6.39 Å². The molecule has 1 aliphatic carbocycles. The molecule has 1 saturated heterocycles. The van der Waals surface area contributed by atoms with Crippen molar-refractivity contribution in [3.8, 4) is 11.3 Å². The quantitative estimate of drug-likeness (QED) is 0.855. The Morgan fingerprint density at radius 3 is 2.83 bits per heavy atom. The van der Waals surface area contributed by atoms with Gasteiger partial charge in [-0.05, 0) is 37.8 Å². The second-order valence-corrected chi connectivity index (χ2v) is 6.20. The summed E-state index contributed by atoms with van der Waals surface area (Å²) in [6.07, 6.45) is 7.47. The van der Waals surface area contributed by atoms with Crippen LogP contribution in [0.3, 0.4) is 0 Å². The minimum atomic E-state index is 0.108. The number of aromatic nitrogens is 1. The second kappa shape index (κ2) is 6.16. The Bertz CT molecular complexity index is 666. The van der Waals surface area contributed by atoms with Crippen LogP contribution >= 0.6 is 0 Å². The third-order valence-corrected chi connectivity index (χ3v) is 4.80. The van der Waals surface area contributed by atoms with E-state index in [1.807, 2.05) is 29.2 Å². The second-order valence-electron chi connectivity index (χ2n) is 6.20. The molecule has 4 rings (SSSR count). The summed E-state index contributed by atoms with van der Waals surface area (Å²) in [6.45, 7) is 1.54. The Morgan fingerprint density at radius 1 is 1.17 bits per heavy atom. The first-order valence-electron chi connectivity index (χ1n) is 8.24. The lowest BCUT2D eigenvalue weighted by atomic mass is 10.1. The molecule has 1 aliphatic heterocycles. The summed E-state index contributed by atoms with van der Waals surface area (Å²) < 4.78 is 11.2. The molecule has 1 amide bonds. The first-order valence-corrected chi connectivity index (χ1v) is 8.24. The van der Waals surface area contributed by atoms with Crippen LogP contribution in [0.2, 0.25) is 0 Å². The van der Waals surface area contributed by atoms with Crippen LogP contribution in [-0.2, 0) is 4.74 Å². The first-order chi connectivity index (χ1) is 11.3. The van der Waals surface area contributed by atoms with Gasteiger partial charge in [0.05, 0.1) is 18.3 Å². The van der Waals surface area contributed by atoms with Gasteiger partial charge < -0.3 is 14.1 Å². The van der Waals surface area contributed by atoms with Crippen molar-refractivity contribution in [2.75, 3.05) is 13.2 Å². The van der Waals surface area contributed by atoms with Crippen molar-refractivity contribution in [3.63, 3.8) is 0 Å².